The van der Waals surface area contributed by atoms with E-state index in [4.69, 9.17) is 0 Å². The van der Waals surface area contributed by atoms with Crippen LogP contribution in [0.2, 0.25) is 0 Å². The van der Waals surface area contributed by atoms with Gasteiger partial charge in [-0.25, -0.2) is 8.78 Å². The molecule has 0 bridgehead atoms. The van der Waals surface area contributed by atoms with Gasteiger partial charge in [0.1, 0.15) is 0 Å². The highest BCUT2D eigenvalue weighted by molar-refractivity contribution is 7.25. The molecule has 7 rings (SSSR count). The lowest BCUT2D eigenvalue weighted by atomic mass is 9.92. The van der Waals surface area contributed by atoms with E-state index >= 15 is 0 Å². The highest BCUT2D eigenvalue weighted by Gasteiger charge is 2.23. The SMILES string of the molecule is FC(F)=C(F)c1ccc(-c2sc3cccc4c5c(-c6ccc(C(F)=C(F)F)cc6)sc6cccc(c2c34)c65)cc1. The third kappa shape index (κ3) is 3.67. The zero-order valence-corrected chi connectivity index (χ0v) is 21.8. The largest absolute Gasteiger partial charge is 0.306 e. The van der Waals surface area contributed by atoms with Crippen molar-refractivity contribution in [2.75, 3.05) is 0 Å². The summed E-state index contributed by atoms with van der Waals surface area (Å²) in [5.74, 6) is -3.07. The van der Waals surface area contributed by atoms with Crippen molar-refractivity contribution in [2.24, 2.45) is 0 Å². The molecule has 0 fully saturated rings. The van der Waals surface area contributed by atoms with Gasteiger partial charge in [-0.2, -0.15) is 17.6 Å². The van der Waals surface area contributed by atoms with Crippen LogP contribution in [-0.2, 0) is 0 Å². The molecule has 0 atom stereocenters. The first-order valence-electron chi connectivity index (χ1n) is 12.1. The van der Waals surface area contributed by atoms with E-state index in [9.17, 15) is 26.3 Å². The second kappa shape index (κ2) is 9.21. The van der Waals surface area contributed by atoms with Gasteiger partial charge in [-0.15, -0.1) is 22.7 Å². The Labute approximate surface area is 231 Å². The van der Waals surface area contributed by atoms with Gasteiger partial charge < -0.3 is 0 Å². The Bertz CT molecular complexity index is 1980. The number of halogens is 6. The van der Waals surface area contributed by atoms with Gasteiger partial charge in [0.05, 0.1) is 0 Å². The van der Waals surface area contributed by atoms with Crippen LogP contribution in [0.15, 0.2) is 97.1 Å². The van der Waals surface area contributed by atoms with E-state index in [-0.39, 0.29) is 11.1 Å². The monoisotopic (exact) mass is 576 g/mol. The highest BCUT2D eigenvalue weighted by atomic mass is 32.1. The standard InChI is InChI=1S/C32H14F6S2/c33-27(31(35)36)15-7-11-17(12-8-15)29-25-19-3-1-5-21-23(19)26(20-4-2-6-22(40-29)24(20)25)30(39-21)18-13-9-16(10-14-18)28(34)32(37)38/h1-14H. The van der Waals surface area contributed by atoms with Gasteiger partial charge in [-0.1, -0.05) is 72.8 Å². The summed E-state index contributed by atoms with van der Waals surface area (Å²) in [7, 11) is 0. The number of hydrogen-bond donors (Lipinski definition) is 0. The number of fused-ring (bicyclic) bond motifs is 2. The summed E-state index contributed by atoms with van der Waals surface area (Å²) in [5.41, 5.74) is 1.22. The first kappa shape index (κ1) is 24.9. The number of hydrogen-bond acceptors (Lipinski definition) is 2. The molecule has 8 heteroatoms. The molecule has 40 heavy (non-hydrogen) atoms. The molecule has 0 spiro atoms. The van der Waals surface area contributed by atoms with E-state index in [1.165, 1.54) is 24.3 Å². The third-order valence-electron chi connectivity index (χ3n) is 7.10. The van der Waals surface area contributed by atoms with Crippen LogP contribution in [-0.4, -0.2) is 0 Å². The summed E-state index contributed by atoms with van der Waals surface area (Å²) in [6.45, 7) is 0. The molecule has 7 aromatic rings. The molecule has 0 N–H and O–H groups in total. The molecule has 0 saturated heterocycles. The molecule has 0 aliphatic carbocycles. The first-order valence-corrected chi connectivity index (χ1v) is 13.7. The molecule has 0 aliphatic rings. The molecule has 0 nitrogen and oxygen atoms in total. The summed E-state index contributed by atoms with van der Waals surface area (Å²) in [4.78, 5) is 1.90. The number of rotatable bonds is 4. The molecule has 2 heterocycles. The maximum absolute atomic E-state index is 13.8. The van der Waals surface area contributed by atoms with Crippen molar-refractivity contribution in [2.45, 2.75) is 0 Å². The zero-order valence-electron chi connectivity index (χ0n) is 20.2. The topological polar surface area (TPSA) is 0 Å². The van der Waals surface area contributed by atoms with Crippen LogP contribution >= 0.6 is 22.7 Å². The van der Waals surface area contributed by atoms with Crippen LogP contribution < -0.4 is 0 Å². The van der Waals surface area contributed by atoms with Crippen LogP contribution in [0.1, 0.15) is 11.1 Å². The van der Waals surface area contributed by atoms with E-state index in [0.29, 0.717) is 0 Å². The van der Waals surface area contributed by atoms with Gasteiger partial charge >= 0.3 is 12.2 Å². The maximum Gasteiger partial charge on any atom is 0.306 e. The van der Waals surface area contributed by atoms with E-state index in [0.717, 1.165) is 62.6 Å². The van der Waals surface area contributed by atoms with Crippen molar-refractivity contribution >= 4 is 76.0 Å². The van der Waals surface area contributed by atoms with Crippen LogP contribution in [0.4, 0.5) is 26.3 Å². The molecule has 0 radical (unpaired) electrons. The van der Waals surface area contributed by atoms with Crippen LogP contribution in [0, 0.1) is 0 Å². The smallest absolute Gasteiger partial charge is 0.200 e. The summed E-state index contributed by atoms with van der Waals surface area (Å²) >= 11 is 3.15. The summed E-state index contributed by atoms with van der Waals surface area (Å²) in [6, 6.07) is 24.1. The fourth-order valence-electron chi connectivity index (χ4n) is 5.39. The van der Waals surface area contributed by atoms with Crippen molar-refractivity contribution in [3.05, 3.63) is 108 Å². The molecule has 0 unspecified atom stereocenters. The van der Waals surface area contributed by atoms with E-state index in [1.807, 2.05) is 36.4 Å². The van der Waals surface area contributed by atoms with E-state index in [2.05, 4.69) is 0 Å². The summed E-state index contributed by atoms with van der Waals surface area (Å²) in [6.07, 6.45) is -4.71. The van der Waals surface area contributed by atoms with E-state index < -0.39 is 23.8 Å². The second-order valence-corrected chi connectivity index (χ2v) is 11.4. The number of benzene rings is 5. The third-order valence-corrected chi connectivity index (χ3v) is 9.51. The zero-order chi connectivity index (χ0) is 27.7. The molecule has 2 aromatic heterocycles. The minimum atomic E-state index is -2.35. The van der Waals surface area contributed by atoms with Gasteiger partial charge in [0.15, 0.2) is 11.7 Å². The van der Waals surface area contributed by atoms with Gasteiger partial charge in [-0.3, -0.25) is 0 Å². The Balaban J connectivity index is 1.51. The average Bonchev–Trinajstić information content (AvgIpc) is 3.56. The van der Waals surface area contributed by atoms with Crippen molar-refractivity contribution in [3.8, 4) is 20.9 Å². The lowest BCUT2D eigenvalue weighted by Crippen LogP contribution is -1.84. The highest BCUT2D eigenvalue weighted by Crippen LogP contribution is 2.53. The Kier molecular flexibility index (Phi) is 5.73. The molecule has 5 aromatic carbocycles. The van der Waals surface area contributed by atoms with Gasteiger partial charge in [0.2, 0.25) is 0 Å². The van der Waals surface area contributed by atoms with Crippen molar-refractivity contribution in [3.63, 3.8) is 0 Å². The van der Waals surface area contributed by atoms with Crippen LogP contribution in [0.25, 0.3) is 74.3 Å². The van der Waals surface area contributed by atoms with Gasteiger partial charge in [0.25, 0.3) is 0 Å². The van der Waals surface area contributed by atoms with Gasteiger partial charge in [-0.05, 0) is 34.0 Å². The normalized spacial score (nSPS) is 11.8. The Morgan fingerprint density at radius 1 is 0.425 bits per heavy atom. The minimum Gasteiger partial charge on any atom is -0.200 e. The van der Waals surface area contributed by atoms with E-state index in [1.54, 1.807) is 46.9 Å². The molecule has 196 valence electrons. The molecular formula is C32H14F6S2. The Morgan fingerprint density at radius 3 is 1.15 bits per heavy atom. The van der Waals surface area contributed by atoms with Crippen molar-refractivity contribution in [1.82, 2.24) is 0 Å². The quantitative estimate of drug-likeness (QED) is 0.144. The molecular weight excluding hydrogens is 562 g/mol. The lowest BCUT2D eigenvalue weighted by Gasteiger charge is -2.10. The fraction of sp³-hybridized carbons (Fsp3) is 0. The van der Waals surface area contributed by atoms with Gasteiger partial charge in [0, 0.05) is 51.8 Å². The van der Waals surface area contributed by atoms with Crippen molar-refractivity contribution < 1.29 is 26.3 Å². The Hall–Kier alpha value is -4.14. The molecule has 0 saturated carbocycles. The second-order valence-electron chi connectivity index (χ2n) is 9.27. The maximum atomic E-state index is 13.8. The van der Waals surface area contributed by atoms with Crippen LogP contribution in [0.3, 0.4) is 0 Å². The minimum absolute atomic E-state index is 0.179. The predicted molar refractivity (Wildman–Crippen MR) is 155 cm³/mol. The molecule has 0 amide bonds. The predicted octanol–water partition coefficient (Wildman–Crippen LogP) is 12.3. The number of thiophene rings is 2. The lowest BCUT2D eigenvalue weighted by molar-refractivity contribution is 0.410. The van der Waals surface area contributed by atoms with Crippen molar-refractivity contribution in [1.29, 1.82) is 0 Å². The first-order chi connectivity index (χ1) is 19.3. The molecule has 0 aliphatic heterocycles. The summed E-state index contributed by atoms with van der Waals surface area (Å²) in [5, 5.41) is 6.20. The fourth-order valence-corrected chi connectivity index (χ4v) is 7.89. The Morgan fingerprint density at radius 2 is 0.800 bits per heavy atom. The van der Waals surface area contributed by atoms with Crippen LogP contribution in [0.5, 0.6) is 0 Å². The summed E-state index contributed by atoms with van der Waals surface area (Å²) < 4.78 is 80.8. The average molecular weight is 577 g/mol.